The molecule has 3 aromatic rings. The number of thiol groups is 1. The molecule has 4 N–H and O–H groups in total. The number of halogens is 6. The van der Waals surface area contributed by atoms with Crippen molar-refractivity contribution < 1.29 is 46.8 Å². The van der Waals surface area contributed by atoms with Crippen LogP contribution in [-0.4, -0.2) is 71.3 Å². The molecule has 2 aromatic carbocycles. The molecule has 0 radical (unpaired) electrons. The monoisotopic (exact) mass is 579 g/mol. The molecule has 0 bridgehead atoms. The second-order valence-corrected chi connectivity index (χ2v) is 12.0. The summed E-state index contributed by atoms with van der Waals surface area (Å²) in [6, 6.07) is 4.94. The van der Waals surface area contributed by atoms with Gasteiger partial charge in [-0.15, -0.1) is 5.10 Å². The fourth-order valence-corrected chi connectivity index (χ4v) is 8.65. The summed E-state index contributed by atoms with van der Waals surface area (Å²) in [5.74, 6) is -4.74. The van der Waals surface area contributed by atoms with Crippen LogP contribution in [0.5, 0.6) is 0 Å². The van der Waals surface area contributed by atoms with E-state index in [9.17, 15) is 46.8 Å². The zero-order valence-corrected chi connectivity index (χ0v) is 21.4. The Morgan fingerprint density at radius 2 is 1.74 bits per heavy atom. The molecule has 7 atom stereocenters. The summed E-state index contributed by atoms with van der Waals surface area (Å²) in [6.07, 6.45) is -7.66. The van der Waals surface area contributed by atoms with Crippen molar-refractivity contribution in [3.8, 4) is 11.3 Å². The van der Waals surface area contributed by atoms with Gasteiger partial charge in [-0.2, -0.15) is 13.2 Å². The van der Waals surface area contributed by atoms with Gasteiger partial charge >= 0.3 is 6.18 Å². The molecule has 1 unspecified atom stereocenters. The summed E-state index contributed by atoms with van der Waals surface area (Å²) in [7, 11) is -1.83. The summed E-state index contributed by atoms with van der Waals surface area (Å²) < 4.78 is 83.4. The molecule has 2 heterocycles. The number of hydrogen-bond donors (Lipinski definition) is 5. The van der Waals surface area contributed by atoms with E-state index in [1.54, 1.807) is 6.92 Å². The van der Waals surface area contributed by atoms with E-state index < -0.39 is 81.5 Å². The summed E-state index contributed by atoms with van der Waals surface area (Å²) in [5, 5.41) is 48.9. The summed E-state index contributed by atoms with van der Waals surface area (Å²) in [4.78, 5) is 0. The van der Waals surface area contributed by atoms with Crippen molar-refractivity contribution >= 4 is 10.9 Å². The van der Waals surface area contributed by atoms with Crippen LogP contribution >= 0.6 is 10.9 Å². The summed E-state index contributed by atoms with van der Waals surface area (Å²) in [6.45, 7) is 0.933. The van der Waals surface area contributed by atoms with E-state index in [0.29, 0.717) is 12.1 Å². The molecule has 0 spiro atoms. The third-order valence-corrected chi connectivity index (χ3v) is 10.4. The van der Waals surface area contributed by atoms with Gasteiger partial charge in [-0.1, -0.05) is 30.3 Å². The molecule has 1 saturated heterocycles. The molecule has 214 valence electrons. The number of alkyl halides is 3. The fourth-order valence-electron chi connectivity index (χ4n) is 5.08. The van der Waals surface area contributed by atoms with E-state index in [1.807, 2.05) is 0 Å². The fraction of sp³-hybridized carbons (Fsp3) is 0.440. The summed E-state index contributed by atoms with van der Waals surface area (Å²) in [5.41, 5.74) is -1.40. The number of hydrogen-bond acceptors (Lipinski definition) is 6. The van der Waals surface area contributed by atoms with Gasteiger partial charge in [-0.3, -0.25) is 0 Å². The van der Waals surface area contributed by atoms with Crippen LogP contribution in [0.15, 0.2) is 42.6 Å². The lowest BCUT2D eigenvalue weighted by Crippen LogP contribution is -2.51. The highest BCUT2D eigenvalue weighted by atomic mass is 32.2. The number of benzene rings is 2. The first kappa shape index (κ1) is 29.3. The first-order valence-corrected chi connectivity index (χ1v) is 13.7. The molecule has 0 amide bonds. The molecule has 0 saturated carbocycles. The van der Waals surface area contributed by atoms with Crippen LogP contribution in [0.25, 0.3) is 11.3 Å². The molecule has 4 rings (SSSR count). The maximum absolute atomic E-state index is 13.9. The van der Waals surface area contributed by atoms with Crippen molar-refractivity contribution in [3.05, 3.63) is 71.2 Å². The second-order valence-electron chi connectivity index (χ2n) is 9.34. The van der Waals surface area contributed by atoms with Crippen LogP contribution in [0.2, 0.25) is 0 Å². The number of aliphatic hydroxyl groups excluding tert-OH is 4. The van der Waals surface area contributed by atoms with Crippen molar-refractivity contribution in [2.75, 3.05) is 12.4 Å². The third kappa shape index (κ3) is 5.66. The van der Waals surface area contributed by atoms with E-state index in [0.717, 1.165) is 10.7 Å². The Hall–Kier alpha value is -2.65. The molecule has 7 nitrogen and oxygen atoms in total. The smallest absolute Gasteiger partial charge is 0.395 e. The first-order chi connectivity index (χ1) is 18.4. The van der Waals surface area contributed by atoms with Gasteiger partial charge in [-0.05, 0) is 30.2 Å². The Morgan fingerprint density at radius 1 is 1.10 bits per heavy atom. The van der Waals surface area contributed by atoms with Crippen LogP contribution in [0.3, 0.4) is 0 Å². The van der Waals surface area contributed by atoms with Crippen LogP contribution in [0.4, 0.5) is 26.3 Å². The van der Waals surface area contributed by atoms with E-state index in [1.165, 1.54) is 24.4 Å². The largest absolute Gasteiger partial charge is 0.416 e. The van der Waals surface area contributed by atoms with E-state index in [2.05, 4.69) is 10.3 Å². The molecule has 1 aliphatic heterocycles. The Balaban J connectivity index is 1.70. The minimum Gasteiger partial charge on any atom is -0.395 e. The maximum atomic E-state index is 13.9. The Labute approximate surface area is 222 Å². The Kier molecular flexibility index (Phi) is 8.61. The van der Waals surface area contributed by atoms with Crippen LogP contribution in [-0.2, 0) is 6.18 Å². The van der Waals surface area contributed by atoms with Gasteiger partial charge < -0.3 is 20.4 Å². The maximum Gasteiger partial charge on any atom is 0.416 e. The van der Waals surface area contributed by atoms with Crippen molar-refractivity contribution in [2.24, 2.45) is 0 Å². The lowest BCUT2D eigenvalue weighted by molar-refractivity contribution is -0.138. The van der Waals surface area contributed by atoms with Crippen molar-refractivity contribution in [2.45, 2.75) is 54.4 Å². The molecular formula is C25H27F6N3O4S. The molecular weight excluding hydrogens is 552 g/mol. The quantitative estimate of drug-likeness (QED) is 0.166. The van der Waals surface area contributed by atoms with Crippen molar-refractivity contribution in [1.29, 1.82) is 0 Å². The summed E-state index contributed by atoms with van der Waals surface area (Å²) >= 11 is 0. The number of aromatic nitrogens is 3. The molecule has 1 aromatic heterocycles. The molecule has 39 heavy (non-hydrogen) atoms. The van der Waals surface area contributed by atoms with Crippen LogP contribution in [0, 0.1) is 17.5 Å². The first-order valence-electron chi connectivity index (χ1n) is 12.0. The zero-order chi connectivity index (χ0) is 28.6. The third-order valence-electron chi connectivity index (χ3n) is 6.97. The van der Waals surface area contributed by atoms with Gasteiger partial charge in [0.2, 0.25) is 0 Å². The van der Waals surface area contributed by atoms with E-state index in [4.69, 9.17) is 0 Å². The highest BCUT2D eigenvalue weighted by molar-refractivity contribution is 8.18. The van der Waals surface area contributed by atoms with Gasteiger partial charge in [0.1, 0.15) is 11.7 Å². The average Bonchev–Trinajstić information content (AvgIpc) is 3.36. The predicted molar refractivity (Wildman–Crippen MR) is 132 cm³/mol. The molecule has 0 aliphatic carbocycles. The minimum atomic E-state index is -4.72. The highest BCUT2D eigenvalue weighted by Crippen LogP contribution is 2.56. The van der Waals surface area contributed by atoms with Gasteiger partial charge in [0, 0.05) is 21.8 Å². The van der Waals surface area contributed by atoms with Gasteiger partial charge in [-0.25, -0.2) is 28.7 Å². The Morgan fingerprint density at radius 3 is 2.33 bits per heavy atom. The lowest BCUT2D eigenvalue weighted by atomic mass is 9.99. The van der Waals surface area contributed by atoms with E-state index in [-0.39, 0.29) is 29.0 Å². The minimum absolute atomic E-state index is 0.0840. The van der Waals surface area contributed by atoms with Gasteiger partial charge in [0.15, 0.2) is 17.5 Å². The number of rotatable bonds is 7. The zero-order valence-electron chi connectivity index (χ0n) is 20.5. The van der Waals surface area contributed by atoms with Crippen molar-refractivity contribution in [1.82, 2.24) is 15.0 Å². The van der Waals surface area contributed by atoms with Gasteiger partial charge in [0.25, 0.3) is 0 Å². The SMILES string of the molecule is CC[C@@H](O)[C@@H](c1ccccc1C(F)(F)F)[SH]1C[C@H](O)[C@H](n2cc(-c3cc(F)c(F)c(F)c3)nn2)[C@@H](O)[C@H]1CO. The average molecular weight is 580 g/mol. The van der Waals surface area contributed by atoms with Crippen molar-refractivity contribution in [3.63, 3.8) is 0 Å². The van der Waals surface area contributed by atoms with Crippen LogP contribution < -0.4 is 0 Å². The predicted octanol–water partition coefficient (Wildman–Crippen LogP) is 3.53. The number of nitrogens with zero attached hydrogens (tertiary/aromatic N) is 3. The van der Waals surface area contributed by atoms with E-state index >= 15 is 0 Å². The molecule has 14 heteroatoms. The second kappa shape index (κ2) is 11.5. The highest BCUT2D eigenvalue weighted by Gasteiger charge is 2.48. The lowest BCUT2D eigenvalue weighted by Gasteiger charge is -2.49. The Bertz CT molecular complexity index is 1290. The normalized spacial score (nSPS) is 26.4. The molecule has 1 fully saturated rings. The standard InChI is InChI=1S/C25H27F6N3O4S/c1-2-18(36)24(13-5-3-4-6-14(13)25(29,30)31)39-11-19(37)22(23(38)20(39)10-35)34-9-17(32-33-34)12-7-15(26)21(28)16(27)8-12/h3-9,18-20,22-24,35-39H,2,10-11H2,1H3/t18-,19+,20-,22+,23+,24-/m1/s1. The van der Waals surface area contributed by atoms with Crippen LogP contribution in [0.1, 0.15) is 35.8 Å². The van der Waals surface area contributed by atoms with Gasteiger partial charge in [0.05, 0.1) is 36.7 Å². The molecule has 1 aliphatic rings. The number of aliphatic hydroxyl groups is 4. The topological polar surface area (TPSA) is 112 Å².